The van der Waals surface area contributed by atoms with Crippen LogP contribution in [0.4, 0.5) is 0 Å². The Morgan fingerprint density at radius 2 is 2.19 bits per heavy atom. The third-order valence-corrected chi connectivity index (χ3v) is 3.85. The van der Waals surface area contributed by atoms with Gasteiger partial charge in [0.2, 0.25) is 0 Å². The van der Waals surface area contributed by atoms with Crippen LogP contribution in [0.1, 0.15) is 51.6 Å². The smallest absolute Gasteiger partial charge is 0.196 e. The fraction of sp³-hybridized carbons (Fsp3) is 0.750. The summed E-state index contributed by atoms with van der Waals surface area (Å²) in [5, 5.41) is 2.03. The number of thiazole rings is 1. The van der Waals surface area contributed by atoms with Crippen molar-refractivity contribution < 1.29 is 4.84 Å². The molecule has 0 aromatic carbocycles. The number of unbranched alkanes of at least 4 members (excludes halogenated alkanes) is 3. The number of aromatic nitrogens is 1. The maximum atomic E-state index is 5.82. The molecule has 16 heavy (non-hydrogen) atoms. The van der Waals surface area contributed by atoms with Gasteiger partial charge in [-0.15, -0.1) is 11.3 Å². The summed E-state index contributed by atoms with van der Waals surface area (Å²) >= 11 is 6.76. The van der Waals surface area contributed by atoms with Crippen molar-refractivity contribution >= 4 is 23.6 Å². The van der Waals surface area contributed by atoms with Gasteiger partial charge < -0.3 is 4.84 Å². The summed E-state index contributed by atoms with van der Waals surface area (Å²) in [7, 11) is 0. The highest BCUT2D eigenvalue weighted by atomic mass is 32.1. The topological polar surface area (TPSA) is 14.2 Å². The molecule has 92 valence electrons. The standard InChI is InChI=1S/C12H21NOS2/c1-4-5-6-7-8-11(3)14-13-10(2)9-16-12(13)15/h9,11H,4-8H2,1-3H3/t11-/m1/s1. The summed E-state index contributed by atoms with van der Waals surface area (Å²) < 4.78 is 2.59. The lowest BCUT2D eigenvalue weighted by Gasteiger charge is -2.15. The van der Waals surface area contributed by atoms with Crippen LogP contribution in [0.3, 0.4) is 0 Å². The second-order valence-electron chi connectivity index (χ2n) is 4.20. The number of aryl methyl sites for hydroxylation is 1. The molecule has 0 saturated carbocycles. The molecule has 0 bridgehead atoms. The minimum absolute atomic E-state index is 0.247. The Kier molecular flexibility index (Phi) is 6.06. The SMILES string of the molecule is CCCCCC[C@@H](C)On1c(C)csc1=S. The molecular formula is C12H21NOS2. The van der Waals surface area contributed by atoms with Gasteiger partial charge in [0.25, 0.3) is 0 Å². The van der Waals surface area contributed by atoms with Crippen molar-refractivity contribution in [2.75, 3.05) is 0 Å². The number of rotatable bonds is 7. The number of hydrogen-bond donors (Lipinski definition) is 0. The van der Waals surface area contributed by atoms with E-state index in [1.807, 2.05) is 12.3 Å². The maximum absolute atomic E-state index is 5.82. The molecule has 1 aromatic heterocycles. The van der Waals surface area contributed by atoms with Crippen molar-refractivity contribution in [1.29, 1.82) is 0 Å². The van der Waals surface area contributed by atoms with Crippen molar-refractivity contribution in [1.82, 2.24) is 4.73 Å². The van der Waals surface area contributed by atoms with Gasteiger partial charge in [0.15, 0.2) is 3.95 Å². The van der Waals surface area contributed by atoms with Gasteiger partial charge in [-0.3, -0.25) is 0 Å². The Balaban J connectivity index is 2.34. The zero-order valence-electron chi connectivity index (χ0n) is 10.4. The van der Waals surface area contributed by atoms with E-state index in [9.17, 15) is 0 Å². The monoisotopic (exact) mass is 259 g/mol. The van der Waals surface area contributed by atoms with Crippen LogP contribution in [0, 0.1) is 10.9 Å². The Morgan fingerprint density at radius 3 is 2.75 bits per heavy atom. The fourth-order valence-electron chi connectivity index (χ4n) is 1.59. The third-order valence-electron chi connectivity index (χ3n) is 2.57. The minimum atomic E-state index is 0.247. The molecule has 1 atom stereocenters. The van der Waals surface area contributed by atoms with Crippen LogP contribution >= 0.6 is 23.6 Å². The highest BCUT2D eigenvalue weighted by Gasteiger charge is 2.06. The van der Waals surface area contributed by atoms with E-state index >= 15 is 0 Å². The van der Waals surface area contributed by atoms with Crippen LogP contribution in [0.25, 0.3) is 0 Å². The molecule has 0 amide bonds. The van der Waals surface area contributed by atoms with Gasteiger partial charge >= 0.3 is 0 Å². The summed E-state index contributed by atoms with van der Waals surface area (Å²) in [5.74, 6) is 0. The minimum Gasteiger partial charge on any atom is -0.409 e. The molecule has 0 radical (unpaired) electrons. The van der Waals surface area contributed by atoms with Gasteiger partial charge in [0.05, 0.1) is 5.69 Å². The van der Waals surface area contributed by atoms with Crippen LogP contribution in [0.15, 0.2) is 5.38 Å². The van der Waals surface area contributed by atoms with E-state index in [-0.39, 0.29) is 6.10 Å². The molecule has 0 aliphatic heterocycles. The lowest BCUT2D eigenvalue weighted by Crippen LogP contribution is -2.22. The van der Waals surface area contributed by atoms with Crippen molar-refractivity contribution in [2.24, 2.45) is 0 Å². The first kappa shape index (κ1) is 13.7. The second-order valence-corrected chi connectivity index (χ2v) is 5.71. The normalized spacial score (nSPS) is 12.7. The molecule has 1 rings (SSSR count). The van der Waals surface area contributed by atoms with E-state index < -0.39 is 0 Å². The quantitative estimate of drug-likeness (QED) is 0.533. The largest absolute Gasteiger partial charge is 0.409 e. The molecule has 2 nitrogen and oxygen atoms in total. The Labute approximate surface area is 107 Å². The summed E-state index contributed by atoms with van der Waals surface area (Å²) in [4.78, 5) is 5.82. The molecular weight excluding hydrogens is 238 g/mol. The van der Waals surface area contributed by atoms with Gasteiger partial charge in [-0.2, -0.15) is 4.73 Å². The van der Waals surface area contributed by atoms with E-state index in [1.165, 1.54) is 25.7 Å². The molecule has 0 spiro atoms. The highest BCUT2D eigenvalue weighted by molar-refractivity contribution is 7.73. The van der Waals surface area contributed by atoms with Gasteiger partial charge in [0, 0.05) is 5.38 Å². The van der Waals surface area contributed by atoms with Crippen LogP contribution in [0.2, 0.25) is 0 Å². The lowest BCUT2D eigenvalue weighted by atomic mass is 10.1. The van der Waals surface area contributed by atoms with E-state index in [0.717, 1.165) is 16.1 Å². The first-order chi connectivity index (χ1) is 7.65. The van der Waals surface area contributed by atoms with Crippen molar-refractivity contribution in [2.45, 2.75) is 59.0 Å². The Morgan fingerprint density at radius 1 is 1.44 bits per heavy atom. The van der Waals surface area contributed by atoms with Crippen LogP contribution < -0.4 is 4.84 Å². The van der Waals surface area contributed by atoms with Crippen molar-refractivity contribution in [3.63, 3.8) is 0 Å². The molecule has 1 aromatic rings. The molecule has 0 N–H and O–H groups in total. The summed E-state index contributed by atoms with van der Waals surface area (Å²) in [6.07, 6.45) is 6.51. The molecule has 4 heteroatoms. The zero-order chi connectivity index (χ0) is 12.0. The van der Waals surface area contributed by atoms with Crippen LogP contribution in [-0.4, -0.2) is 10.8 Å². The third kappa shape index (κ3) is 4.26. The van der Waals surface area contributed by atoms with E-state index in [4.69, 9.17) is 17.1 Å². The average Bonchev–Trinajstić information content (AvgIpc) is 2.56. The molecule has 0 aliphatic rings. The van der Waals surface area contributed by atoms with Gasteiger partial charge in [-0.25, -0.2) is 0 Å². The van der Waals surface area contributed by atoms with Gasteiger partial charge in [-0.05, 0) is 38.9 Å². The van der Waals surface area contributed by atoms with E-state index in [1.54, 1.807) is 16.1 Å². The molecule has 0 aliphatic carbocycles. The maximum Gasteiger partial charge on any atom is 0.196 e. The fourth-order valence-corrected chi connectivity index (χ4v) is 2.57. The molecule has 0 saturated heterocycles. The first-order valence-electron chi connectivity index (χ1n) is 5.99. The summed E-state index contributed by atoms with van der Waals surface area (Å²) in [5.41, 5.74) is 1.09. The predicted octanol–water partition coefficient (Wildman–Crippen LogP) is 4.38. The summed E-state index contributed by atoms with van der Waals surface area (Å²) in [6, 6.07) is 0. The molecule has 1 heterocycles. The molecule has 0 unspecified atom stereocenters. The second kappa shape index (κ2) is 7.07. The average molecular weight is 259 g/mol. The Hall–Kier alpha value is -0.350. The van der Waals surface area contributed by atoms with Crippen LogP contribution in [-0.2, 0) is 0 Å². The van der Waals surface area contributed by atoms with E-state index in [2.05, 4.69) is 13.8 Å². The van der Waals surface area contributed by atoms with Crippen molar-refractivity contribution in [3.05, 3.63) is 15.0 Å². The Bertz CT molecular complexity index is 356. The van der Waals surface area contributed by atoms with E-state index in [0.29, 0.717) is 0 Å². The number of hydrogen-bond acceptors (Lipinski definition) is 3. The predicted molar refractivity (Wildman–Crippen MR) is 72.7 cm³/mol. The van der Waals surface area contributed by atoms with Gasteiger partial charge in [-0.1, -0.05) is 26.2 Å². The van der Waals surface area contributed by atoms with Crippen molar-refractivity contribution in [3.8, 4) is 0 Å². The number of nitrogens with zero attached hydrogens (tertiary/aromatic N) is 1. The summed E-state index contributed by atoms with van der Waals surface area (Å²) in [6.45, 7) is 6.37. The zero-order valence-corrected chi connectivity index (χ0v) is 12.0. The van der Waals surface area contributed by atoms with Gasteiger partial charge in [0.1, 0.15) is 6.10 Å². The molecule has 0 fully saturated rings. The lowest BCUT2D eigenvalue weighted by molar-refractivity contribution is 0.0376. The first-order valence-corrected chi connectivity index (χ1v) is 7.28. The van der Waals surface area contributed by atoms with Crippen LogP contribution in [0.5, 0.6) is 0 Å². The highest BCUT2D eigenvalue weighted by Crippen LogP contribution is 2.11.